The van der Waals surface area contributed by atoms with Crippen LogP contribution in [0, 0.1) is 0 Å². The monoisotopic (exact) mass is 329 g/mol. The van der Waals surface area contributed by atoms with Gasteiger partial charge in [0.1, 0.15) is 11.7 Å². The first-order chi connectivity index (χ1) is 11.2. The minimum atomic E-state index is -0.454. The SMILES string of the molecule is O=C(N[C@H]1CCCCNC1=O)c1csc(Cc2ccccc2)n1. The predicted molar refractivity (Wildman–Crippen MR) is 89.5 cm³/mol. The third-order valence-corrected chi connectivity index (χ3v) is 4.67. The van der Waals surface area contributed by atoms with Crippen LogP contribution in [0.25, 0.3) is 0 Å². The van der Waals surface area contributed by atoms with E-state index in [2.05, 4.69) is 15.6 Å². The van der Waals surface area contributed by atoms with Crippen molar-refractivity contribution in [2.45, 2.75) is 31.7 Å². The van der Waals surface area contributed by atoms with Gasteiger partial charge in [-0.3, -0.25) is 9.59 Å². The van der Waals surface area contributed by atoms with Gasteiger partial charge in [0.2, 0.25) is 5.91 Å². The van der Waals surface area contributed by atoms with Crippen LogP contribution < -0.4 is 10.6 Å². The van der Waals surface area contributed by atoms with Crippen LogP contribution in [0.4, 0.5) is 0 Å². The number of nitrogens with zero attached hydrogens (tertiary/aromatic N) is 1. The van der Waals surface area contributed by atoms with Gasteiger partial charge in [-0.2, -0.15) is 0 Å². The lowest BCUT2D eigenvalue weighted by Crippen LogP contribution is -2.45. The molecule has 120 valence electrons. The number of hydrogen-bond donors (Lipinski definition) is 2. The summed E-state index contributed by atoms with van der Waals surface area (Å²) in [6.07, 6.45) is 3.28. The molecule has 1 saturated heterocycles. The Morgan fingerprint density at radius 2 is 2.13 bits per heavy atom. The Hall–Kier alpha value is -2.21. The third kappa shape index (κ3) is 4.16. The second-order valence-corrected chi connectivity index (χ2v) is 6.54. The summed E-state index contributed by atoms with van der Waals surface area (Å²) in [6.45, 7) is 0.684. The van der Waals surface area contributed by atoms with Crippen molar-refractivity contribution in [1.82, 2.24) is 15.6 Å². The molecule has 2 aromatic rings. The van der Waals surface area contributed by atoms with Gasteiger partial charge in [0.25, 0.3) is 5.91 Å². The molecule has 1 fully saturated rings. The van der Waals surface area contributed by atoms with Gasteiger partial charge < -0.3 is 10.6 Å². The van der Waals surface area contributed by atoms with Crippen LogP contribution in [0.1, 0.15) is 40.3 Å². The van der Waals surface area contributed by atoms with E-state index in [0.717, 1.165) is 23.4 Å². The maximum atomic E-state index is 12.3. The summed E-state index contributed by atoms with van der Waals surface area (Å²) in [6, 6.07) is 9.57. The van der Waals surface area contributed by atoms with Crippen molar-refractivity contribution in [2.75, 3.05) is 6.54 Å². The number of amides is 2. The van der Waals surface area contributed by atoms with E-state index in [9.17, 15) is 9.59 Å². The van der Waals surface area contributed by atoms with Gasteiger partial charge in [0.15, 0.2) is 0 Å². The van der Waals surface area contributed by atoms with Crippen LogP contribution in [0.3, 0.4) is 0 Å². The fourth-order valence-corrected chi connectivity index (χ4v) is 3.38. The Labute approximate surface area is 139 Å². The van der Waals surface area contributed by atoms with Gasteiger partial charge in [0.05, 0.1) is 5.01 Å². The molecule has 2 amide bonds. The fourth-order valence-electron chi connectivity index (χ4n) is 2.58. The summed E-state index contributed by atoms with van der Waals surface area (Å²) in [4.78, 5) is 28.6. The molecule has 0 bridgehead atoms. The highest BCUT2D eigenvalue weighted by Gasteiger charge is 2.23. The van der Waals surface area contributed by atoms with Crippen LogP contribution in [0.15, 0.2) is 35.7 Å². The molecule has 1 atom stereocenters. The molecule has 6 heteroatoms. The maximum absolute atomic E-state index is 12.3. The molecule has 0 spiro atoms. The Kier molecular flexibility index (Phi) is 5.02. The third-order valence-electron chi connectivity index (χ3n) is 3.82. The molecule has 1 aromatic heterocycles. The number of carbonyl (C=O) groups excluding carboxylic acids is 2. The number of thiazole rings is 1. The molecule has 2 N–H and O–H groups in total. The number of aromatic nitrogens is 1. The topological polar surface area (TPSA) is 71.1 Å². The van der Waals surface area contributed by atoms with Crippen molar-refractivity contribution in [3.05, 3.63) is 52.0 Å². The number of nitrogens with one attached hydrogen (secondary N) is 2. The summed E-state index contributed by atoms with van der Waals surface area (Å²) in [5.74, 6) is -0.377. The fraction of sp³-hybridized carbons (Fsp3) is 0.353. The highest BCUT2D eigenvalue weighted by atomic mass is 32.1. The first-order valence-electron chi connectivity index (χ1n) is 7.79. The lowest BCUT2D eigenvalue weighted by atomic mass is 10.1. The molecule has 1 aliphatic rings. The molecular weight excluding hydrogens is 310 g/mol. The molecule has 0 aliphatic carbocycles. The summed E-state index contributed by atoms with van der Waals surface area (Å²) < 4.78 is 0. The van der Waals surface area contributed by atoms with Gasteiger partial charge in [-0.25, -0.2) is 4.98 Å². The maximum Gasteiger partial charge on any atom is 0.271 e. The first-order valence-corrected chi connectivity index (χ1v) is 8.67. The summed E-state index contributed by atoms with van der Waals surface area (Å²) in [7, 11) is 0. The van der Waals surface area contributed by atoms with Gasteiger partial charge in [-0.1, -0.05) is 30.3 Å². The van der Waals surface area contributed by atoms with Crippen LogP contribution in [0.2, 0.25) is 0 Å². The van der Waals surface area contributed by atoms with Gasteiger partial charge in [0, 0.05) is 18.3 Å². The van der Waals surface area contributed by atoms with Gasteiger partial charge in [-0.05, 0) is 24.8 Å². The van der Waals surface area contributed by atoms with E-state index in [1.807, 2.05) is 30.3 Å². The zero-order valence-corrected chi connectivity index (χ0v) is 13.6. The van der Waals surface area contributed by atoms with E-state index < -0.39 is 6.04 Å². The second kappa shape index (κ2) is 7.37. The number of carbonyl (C=O) groups is 2. The van der Waals surface area contributed by atoms with Crippen molar-refractivity contribution in [3.8, 4) is 0 Å². The van der Waals surface area contributed by atoms with E-state index in [4.69, 9.17) is 0 Å². The van der Waals surface area contributed by atoms with Crippen LogP contribution in [-0.2, 0) is 11.2 Å². The standard InChI is InChI=1S/C17H19N3O2S/c21-16-13(8-4-5-9-18-16)20-17(22)14-11-23-15(19-14)10-12-6-2-1-3-7-12/h1-3,6-7,11,13H,4-5,8-10H2,(H,18,21)(H,20,22)/t13-/m0/s1. The van der Waals surface area contributed by atoms with E-state index in [-0.39, 0.29) is 11.8 Å². The summed E-state index contributed by atoms with van der Waals surface area (Å²) in [5, 5.41) is 8.26. The predicted octanol–water partition coefficient (Wildman–Crippen LogP) is 2.13. The van der Waals surface area contributed by atoms with Crippen molar-refractivity contribution < 1.29 is 9.59 Å². The lowest BCUT2D eigenvalue weighted by Gasteiger charge is -2.14. The van der Waals surface area contributed by atoms with Crippen LogP contribution >= 0.6 is 11.3 Å². The first kappa shape index (κ1) is 15.7. The molecule has 0 unspecified atom stereocenters. The van der Waals surface area contributed by atoms with Crippen molar-refractivity contribution in [3.63, 3.8) is 0 Å². The van der Waals surface area contributed by atoms with E-state index >= 15 is 0 Å². The molecule has 1 aromatic carbocycles. The molecule has 23 heavy (non-hydrogen) atoms. The van der Waals surface area contributed by atoms with Crippen molar-refractivity contribution in [1.29, 1.82) is 0 Å². The second-order valence-electron chi connectivity index (χ2n) is 5.60. The quantitative estimate of drug-likeness (QED) is 0.903. The Bertz CT molecular complexity index is 684. The summed E-state index contributed by atoms with van der Waals surface area (Å²) >= 11 is 1.47. The molecule has 0 saturated carbocycles. The number of benzene rings is 1. The van der Waals surface area contributed by atoms with Crippen molar-refractivity contribution >= 4 is 23.2 Å². The molecular formula is C17H19N3O2S. The largest absolute Gasteiger partial charge is 0.354 e. The number of rotatable bonds is 4. The average molecular weight is 329 g/mol. The molecule has 3 rings (SSSR count). The van der Waals surface area contributed by atoms with Crippen LogP contribution in [0.5, 0.6) is 0 Å². The Balaban J connectivity index is 1.63. The Morgan fingerprint density at radius 3 is 2.96 bits per heavy atom. The minimum Gasteiger partial charge on any atom is -0.354 e. The molecule has 1 aliphatic heterocycles. The van der Waals surface area contributed by atoms with Crippen molar-refractivity contribution in [2.24, 2.45) is 0 Å². The highest BCUT2D eigenvalue weighted by molar-refractivity contribution is 7.09. The molecule has 5 nitrogen and oxygen atoms in total. The van der Waals surface area contributed by atoms with E-state index in [1.165, 1.54) is 11.3 Å². The zero-order valence-electron chi connectivity index (χ0n) is 12.7. The van der Waals surface area contributed by atoms with Gasteiger partial charge in [-0.15, -0.1) is 11.3 Å². The van der Waals surface area contributed by atoms with Gasteiger partial charge >= 0.3 is 0 Å². The minimum absolute atomic E-state index is 0.101. The van der Waals surface area contributed by atoms with E-state index in [1.54, 1.807) is 5.38 Å². The average Bonchev–Trinajstić information content (AvgIpc) is 2.93. The van der Waals surface area contributed by atoms with E-state index in [0.29, 0.717) is 25.1 Å². The smallest absolute Gasteiger partial charge is 0.271 e. The highest BCUT2D eigenvalue weighted by Crippen LogP contribution is 2.15. The molecule has 2 heterocycles. The Morgan fingerprint density at radius 1 is 1.30 bits per heavy atom. The zero-order chi connectivity index (χ0) is 16.1. The number of hydrogen-bond acceptors (Lipinski definition) is 4. The summed E-state index contributed by atoms with van der Waals surface area (Å²) in [5.41, 5.74) is 1.55. The normalized spacial score (nSPS) is 18.1. The lowest BCUT2D eigenvalue weighted by molar-refractivity contribution is -0.122. The molecule has 0 radical (unpaired) electrons. The van der Waals surface area contributed by atoms with Crippen LogP contribution in [-0.4, -0.2) is 29.4 Å².